The summed E-state index contributed by atoms with van der Waals surface area (Å²) in [5.41, 5.74) is -3.01. The van der Waals surface area contributed by atoms with Crippen LogP contribution in [0.15, 0.2) is 0 Å². The molecule has 0 spiro atoms. The molecule has 4 aliphatic rings. The van der Waals surface area contributed by atoms with E-state index in [2.05, 4.69) is 13.8 Å². The van der Waals surface area contributed by atoms with Crippen LogP contribution in [0.3, 0.4) is 0 Å². The van der Waals surface area contributed by atoms with Crippen molar-refractivity contribution in [2.75, 3.05) is 0 Å². The van der Waals surface area contributed by atoms with Crippen molar-refractivity contribution in [1.82, 2.24) is 0 Å². The summed E-state index contributed by atoms with van der Waals surface area (Å²) in [6.45, 7) is 6.60. The number of Topliss-reactive ketones (excluding diaryl/α,β-unsaturated/α-hetero) is 2. The Morgan fingerprint density at radius 2 is 1.74 bits per heavy atom. The lowest BCUT2D eigenvalue weighted by atomic mass is 9.43. The fourth-order valence-electron chi connectivity index (χ4n) is 7.94. The summed E-state index contributed by atoms with van der Waals surface area (Å²) in [6.07, 6.45) is 7.29. The van der Waals surface area contributed by atoms with Crippen molar-refractivity contribution in [3.63, 3.8) is 0 Å². The predicted octanol–water partition coefficient (Wildman–Crippen LogP) is 3.23. The highest BCUT2D eigenvalue weighted by atomic mass is 16.4. The van der Waals surface area contributed by atoms with Crippen LogP contribution in [0.1, 0.15) is 72.1 Å². The topological polar surface area (TPSA) is 91.7 Å². The number of aliphatic hydroxyl groups is 1. The maximum absolute atomic E-state index is 13.2. The zero-order valence-corrected chi connectivity index (χ0v) is 16.7. The largest absolute Gasteiger partial charge is 0.479 e. The molecule has 0 saturated heterocycles. The number of rotatable bonds is 2. The molecular weight excluding hydrogens is 344 g/mol. The second-order valence-corrected chi connectivity index (χ2v) is 10.2. The third-order valence-electron chi connectivity index (χ3n) is 9.56. The molecular formula is C22H32O5. The van der Waals surface area contributed by atoms with E-state index in [4.69, 9.17) is 0 Å². The molecule has 8 atom stereocenters. The number of hydrogen-bond donors (Lipinski definition) is 2. The van der Waals surface area contributed by atoms with Gasteiger partial charge in [0, 0.05) is 5.41 Å². The number of carboxylic acid groups (broad SMARTS) is 1. The normalized spacial score (nSPS) is 52.1. The Hall–Kier alpha value is -1.23. The third-order valence-corrected chi connectivity index (χ3v) is 9.56. The van der Waals surface area contributed by atoms with Gasteiger partial charge in [-0.3, -0.25) is 9.59 Å². The molecule has 4 rings (SSSR count). The Kier molecular flexibility index (Phi) is 4.16. The van der Waals surface area contributed by atoms with Gasteiger partial charge in [-0.15, -0.1) is 0 Å². The van der Waals surface area contributed by atoms with E-state index in [9.17, 15) is 24.6 Å². The Balaban J connectivity index is 1.69. The van der Waals surface area contributed by atoms with Crippen LogP contribution in [0.4, 0.5) is 0 Å². The van der Waals surface area contributed by atoms with Crippen molar-refractivity contribution in [2.45, 2.75) is 77.7 Å². The molecule has 0 radical (unpaired) electrons. The number of carbonyl (C=O) groups excluding carboxylic acids is 2. The van der Waals surface area contributed by atoms with Crippen molar-refractivity contribution >= 4 is 17.5 Å². The molecule has 0 aliphatic heterocycles. The zero-order chi connectivity index (χ0) is 19.8. The Morgan fingerprint density at radius 1 is 1.04 bits per heavy atom. The first-order valence-electron chi connectivity index (χ1n) is 10.7. The number of hydrogen-bond acceptors (Lipinski definition) is 4. The first kappa shape index (κ1) is 19.1. The van der Waals surface area contributed by atoms with Gasteiger partial charge in [0.1, 0.15) is 0 Å². The van der Waals surface area contributed by atoms with Gasteiger partial charge in [0.15, 0.2) is 0 Å². The van der Waals surface area contributed by atoms with Crippen LogP contribution in [0.25, 0.3) is 0 Å². The first-order valence-corrected chi connectivity index (χ1v) is 10.7. The van der Waals surface area contributed by atoms with Gasteiger partial charge in [-0.1, -0.05) is 27.2 Å². The van der Waals surface area contributed by atoms with Gasteiger partial charge in [-0.05, 0) is 80.0 Å². The number of fused-ring (bicyclic) bond motifs is 5. The lowest BCUT2D eigenvalue weighted by molar-refractivity contribution is -0.189. The molecule has 0 heterocycles. The summed E-state index contributed by atoms with van der Waals surface area (Å²) < 4.78 is 0. The highest BCUT2D eigenvalue weighted by molar-refractivity contribution is 6.46. The van der Waals surface area contributed by atoms with E-state index in [0.29, 0.717) is 17.3 Å². The summed E-state index contributed by atoms with van der Waals surface area (Å²) in [6, 6.07) is 0. The van der Waals surface area contributed by atoms with Crippen molar-refractivity contribution in [3.05, 3.63) is 0 Å². The smallest absolute Gasteiger partial charge is 0.344 e. The van der Waals surface area contributed by atoms with E-state index in [1.54, 1.807) is 0 Å². The van der Waals surface area contributed by atoms with Gasteiger partial charge in [-0.2, -0.15) is 0 Å². The molecule has 0 aromatic rings. The third kappa shape index (κ3) is 2.24. The minimum Gasteiger partial charge on any atom is -0.479 e. The van der Waals surface area contributed by atoms with Crippen molar-refractivity contribution in [3.8, 4) is 0 Å². The standard InChI is InChI=1S/C22H32O5/c1-4-12-6-8-15-14-7-5-13-11-22(27,19(25)26)18(24)17(23)21(13,3)16(14)9-10-20(12,15)2/h12-16,27H,4-11H2,1-3H3,(H,25,26)/t12-,13-,14-,15-,16-,20+,21-,22?/m0/s1. The van der Waals surface area contributed by atoms with E-state index in [1.807, 2.05) is 6.92 Å². The van der Waals surface area contributed by atoms with Crippen molar-refractivity contribution in [2.24, 2.45) is 40.4 Å². The molecule has 27 heavy (non-hydrogen) atoms. The average molecular weight is 376 g/mol. The number of carboxylic acids is 1. The molecule has 0 amide bonds. The zero-order valence-electron chi connectivity index (χ0n) is 16.7. The van der Waals surface area contributed by atoms with E-state index in [1.165, 1.54) is 19.3 Å². The molecule has 150 valence electrons. The molecule has 5 nitrogen and oxygen atoms in total. The fourth-order valence-corrected chi connectivity index (χ4v) is 7.94. The van der Waals surface area contributed by atoms with Gasteiger partial charge < -0.3 is 10.2 Å². The highest BCUT2D eigenvalue weighted by Crippen LogP contribution is 2.67. The second-order valence-electron chi connectivity index (χ2n) is 10.2. The monoisotopic (exact) mass is 376 g/mol. The minimum absolute atomic E-state index is 0.119. The molecule has 4 fully saturated rings. The van der Waals surface area contributed by atoms with Crippen LogP contribution >= 0.6 is 0 Å². The maximum Gasteiger partial charge on any atom is 0.344 e. The summed E-state index contributed by atoms with van der Waals surface area (Å²) >= 11 is 0. The van der Waals surface area contributed by atoms with Gasteiger partial charge in [0.05, 0.1) is 0 Å². The highest BCUT2D eigenvalue weighted by Gasteiger charge is 2.68. The Bertz CT molecular complexity index is 701. The van der Waals surface area contributed by atoms with Gasteiger partial charge in [0.25, 0.3) is 0 Å². The van der Waals surface area contributed by atoms with E-state index < -0.39 is 28.6 Å². The average Bonchev–Trinajstić information content (AvgIpc) is 2.97. The summed E-state index contributed by atoms with van der Waals surface area (Å²) in [5.74, 6) is -1.61. The first-order chi connectivity index (χ1) is 12.6. The van der Waals surface area contributed by atoms with Crippen LogP contribution in [0.5, 0.6) is 0 Å². The van der Waals surface area contributed by atoms with Gasteiger partial charge >= 0.3 is 5.97 Å². The van der Waals surface area contributed by atoms with E-state index in [0.717, 1.165) is 31.6 Å². The van der Waals surface area contributed by atoms with Crippen molar-refractivity contribution in [1.29, 1.82) is 0 Å². The molecule has 5 heteroatoms. The Labute approximate surface area is 160 Å². The second kappa shape index (κ2) is 5.88. The molecule has 1 unspecified atom stereocenters. The van der Waals surface area contributed by atoms with E-state index >= 15 is 0 Å². The summed E-state index contributed by atoms with van der Waals surface area (Å²) in [4.78, 5) is 37.3. The van der Waals surface area contributed by atoms with Gasteiger partial charge in [0.2, 0.25) is 17.2 Å². The van der Waals surface area contributed by atoms with Crippen LogP contribution in [-0.2, 0) is 14.4 Å². The van der Waals surface area contributed by atoms with E-state index in [-0.39, 0.29) is 18.3 Å². The van der Waals surface area contributed by atoms with Crippen LogP contribution in [0.2, 0.25) is 0 Å². The number of aliphatic carboxylic acids is 1. The summed E-state index contributed by atoms with van der Waals surface area (Å²) in [7, 11) is 0. The predicted molar refractivity (Wildman–Crippen MR) is 98.9 cm³/mol. The molecule has 0 aromatic heterocycles. The van der Waals surface area contributed by atoms with Crippen LogP contribution in [-0.4, -0.2) is 33.3 Å². The number of carbonyl (C=O) groups is 3. The maximum atomic E-state index is 13.2. The SMILES string of the molecule is CC[C@H]1CC[C@H]2[C@@H]3CC[C@H]4CC(O)(C(=O)O)C(=O)C(=O)[C@]4(C)[C@H]3CC[C@]12C. The molecule has 4 aliphatic carbocycles. The quantitative estimate of drug-likeness (QED) is 0.570. The molecule has 2 N–H and O–H groups in total. The Morgan fingerprint density at radius 3 is 2.37 bits per heavy atom. The molecule has 0 bridgehead atoms. The minimum atomic E-state index is -2.53. The summed E-state index contributed by atoms with van der Waals surface area (Å²) in [5, 5.41) is 19.8. The lowest BCUT2D eigenvalue weighted by Gasteiger charge is -2.60. The fraction of sp³-hybridized carbons (Fsp3) is 0.864. The van der Waals surface area contributed by atoms with Crippen LogP contribution in [0, 0.1) is 40.4 Å². The molecule has 0 aromatic carbocycles. The van der Waals surface area contributed by atoms with Gasteiger partial charge in [-0.25, -0.2) is 4.79 Å². The number of ketones is 2. The molecule has 4 saturated carbocycles. The van der Waals surface area contributed by atoms with Crippen LogP contribution < -0.4 is 0 Å². The van der Waals surface area contributed by atoms with Crippen molar-refractivity contribution < 1.29 is 24.6 Å². The lowest BCUT2D eigenvalue weighted by Crippen LogP contribution is -2.66.